The SMILES string of the molecule is C=C(C)CCC(NCCC)c1ccc(OC(F)F)cc1. The van der Waals surface area contributed by atoms with Gasteiger partial charge in [-0.25, -0.2) is 0 Å². The van der Waals surface area contributed by atoms with Crippen molar-refractivity contribution in [2.24, 2.45) is 0 Å². The van der Waals surface area contributed by atoms with Gasteiger partial charge in [0, 0.05) is 6.04 Å². The summed E-state index contributed by atoms with van der Waals surface area (Å²) in [6.45, 7) is 6.19. The zero-order valence-corrected chi connectivity index (χ0v) is 12.2. The van der Waals surface area contributed by atoms with Crippen molar-refractivity contribution < 1.29 is 13.5 Å². The predicted molar refractivity (Wildman–Crippen MR) is 78.2 cm³/mol. The van der Waals surface area contributed by atoms with E-state index in [1.165, 1.54) is 0 Å². The third-order valence-corrected chi connectivity index (χ3v) is 3.01. The van der Waals surface area contributed by atoms with Crippen molar-refractivity contribution in [3.63, 3.8) is 0 Å². The lowest BCUT2D eigenvalue weighted by Gasteiger charge is -2.19. The van der Waals surface area contributed by atoms with Crippen LogP contribution in [0.2, 0.25) is 0 Å². The molecule has 0 bridgehead atoms. The van der Waals surface area contributed by atoms with E-state index in [0.717, 1.165) is 36.9 Å². The van der Waals surface area contributed by atoms with Crippen LogP contribution in [0.25, 0.3) is 0 Å². The highest BCUT2D eigenvalue weighted by Crippen LogP contribution is 2.23. The number of alkyl halides is 2. The minimum Gasteiger partial charge on any atom is -0.435 e. The fourth-order valence-electron chi connectivity index (χ4n) is 1.98. The molecule has 0 amide bonds. The zero-order chi connectivity index (χ0) is 15.0. The molecule has 0 aromatic heterocycles. The molecule has 1 aromatic carbocycles. The van der Waals surface area contributed by atoms with Crippen LogP contribution in [0.4, 0.5) is 8.78 Å². The van der Waals surface area contributed by atoms with E-state index >= 15 is 0 Å². The Hall–Kier alpha value is -1.42. The molecule has 1 aromatic rings. The molecule has 1 rings (SSSR count). The van der Waals surface area contributed by atoms with Crippen molar-refractivity contribution in [2.45, 2.75) is 45.8 Å². The highest BCUT2D eigenvalue weighted by atomic mass is 19.3. The molecular formula is C16H23F2NO. The molecule has 2 nitrogen and oxygen atoms in total. The molecular weight excluding hydrogens is 260 g/mol. The molecule has 1 unspecified atom stereocenters. The van der Waals surface area contributed by atoms with Crippen LogP contribution in [0.5, 0.6) is 5.75 Å². The summed E-state index contributed by atoms with van der Waals surface area (Å²) in [6.07, 6.45) is 2.94. The van der Waals surface area contributed by atoms with Gasteiger partial charge in [0.05, 0.1) is 0 Å². The molecule has 1 atom stereocenters. The summed E-state index contributed by atoms with van der Waals surface area (Å²) < 4.78 is 28.6. The molecule has 0 aliphatic heterocycles. The van der Waals surface area contributed by atoms with Gasteiger partial charge in [-0.05, 0) is 50.4 Å². The average molecular weight is 283 g/mol. The van der Waals surface area contributed by atoms with Crippen molar-refractivity contribution in [1.29, 1.82) is 0 Å². The Kier molecular flexibility index (Phi) is 7.23. The van der Waals surface area contributed by atoms with Crippen LogP contribution in [0.3, 0.4) is 0 Å². The van der Waals surface area contributed by atoms with Gasteiger partial charge in [-0.15, -0.1) is 6.58 Å². The predicted octanol–water partition coefficient (Wildman–Crippen LogP) is 4.69. The highest BCUT2D eigenvalue weighted by Gasteiger charge is 2.11. The van der Waals surface area contributed by atoms with Crippen molar-refractivity contribution in [1.82, 2.24) is 5.32 Å². The van der Waals surface area contributed by atoms with E-state index in [0.29, 0.717) is 0 Å². The second-order valence-electron chi connectivity index (χ2n) is 4.95. The van der Waals surface area contributed by atoms with Gasteiger partial charge in [0.2, 0.25) is 0 Å². The molecule has 0 spiro atoms. The first-order chi connectivity index (χ1) is 9.52. The fraction of sp³-hybridized carbons (Fsp3) is 0.500. The average Bonchev–Trinajstić information content (AvgIpc) is 2.39. The normalized spacial score (nSPS) is 12.4. The minimum absolute atomic E-state index is 0.192. The number of hydrogen-bond acceptors (Lipinski definition) is 2. The van der Waals surface area contributed by atoms with Gasteiger partial charge in [0.25, 0.3) is 0 Å². The van der Waals surface area contributed by atoms with Crippen LogP contribution in [0.1, 0.15) is 44.7 Å². The topological polar surface area (TPSA) is 21.3 Å². The Morgan fingerprint density at radius 3 is 2.45 bits per heavy atom. The number of nitrogens with one attached hydrogen (secondary N) is 1. The van der Waals surface area contributed by atoms with E-state index in [2.05, 4.69) is 23.6 Å². The Morgan fingerprint density at radius 2 is 1.95 bits per heavy atom. The summed E-state index contributed by atoms with van der Waals surface area (Å²) in [7, 11) is 0. The second-order valence-corrected chi connectivity index (χ2v) is 4.95. The lowest BCUT2D eigenvalue weighted by atomic mass is 9.99. The van der Waals surface area contributed by atoms with Crippen LogP contribution in [-0.4, -0.2) is 13.2 Å². The number of ether oxygens (including phenoxy) is 1. The Balaban J connectivity index is 2.70. The second kappa shape index (κ2) is 8.69. The summed E-state index contributed by atoms with van der Waals surface area (Å²) in [5.41, 5.74) is 2.23. The molecule has 20 heavy (non-hydrogen) atoms. The van der Waals surface area contributed by atoms with Gasteiger partial charge in [-0.3, -0.25) is 0 Å². The van der Waals surface area contributed by atoms with Gasteiger partial charge in [-0.2, -0.15) is 8.78 Å². The van der Waals surface area contributed by atoms with E-state index in [9.17, 15) is 8.78 Å². The first kappa shape index (κ1) is 16.6. The fourth-order valence-corrected chi connectivity index (χ4v) is 1.98. The quantitative estimate of drug-likeness (QED) is 0.664. The van der Waals surface area contributed by atoms with Crippen LogP contribution in [0.15, 0.2) is 36.4 Å². The largest absolute Gasteiger partial charge is 0.435 e. The molecule has 0 saturated carbocycles. The lowest BCUT2D eigenvalue weighted by Crippen LogP contribution is -2.22. The van der Waals surface area contributed by atoms with Crippen molar-refractivity contribution >= 4 is 0 Å². The highest BCUT2D eigenvalue weighted by molar-refractivity contribution is 5.29. The first-order valence-corrected chi connectivity index (χ1v) is 6.95. The van der Waals surface area contributed by atoms with Crippen LogP contribution in [-0.2, 0) is 0 Å². The molecule has 0 aliphatic carbocycles. The van der Waals surface area contributed by atoms with Crippen LogP contribution >= 0.6 is 0 Å². The van der Waals surface area contributed by atoms with Gasteiger partial charge >= 0.3 is 6.61 Å². The van der Waals surface area contributed by atoms with E-state index in [1.807, 2.05) is 19.1 Å². The number of rotatable bonds is 9. The first-order valence-electron chi connectivity index (χ1n) is 6.95. The van der Waals surface area contributed by atoms with Crippen LogP contribution in [0, 0.1) is 0 Å². The van der Waals surface area contributed by atoms with Gasteiger partial charge in [0.15, 0.2) is 0 Å². The zero-order valence-electron chi connectivity index (χ0n) is 12.2. The molecule has 0 heterocycles. The van der Waals surface area contributed by atoms with Gasteiger partial charge < -0.3 is 10.1 Å². The monoisotopic (exact) mass is 283 g/mol. The van der Waals surface area contributed by atoms with Crippen molar-refractivity contribution in [2.75, 3.05) is 6.54 Å². The third-order valence-electron chi connectivity index (χ3n) is 3.01. The number of benzene rings is 1. The van der Waals surface area contributed by atoms with E-state index in [1.54, 1.807) is 12.1 Å². The molecule has 0 saturated heterocycles. The van der Waals surface area contributed by atoms with Gasteiger partial charge in [0.1, 0.15) is 5.75 Å². The van der Waals surface area contributed by atoms with E-state index < -0.39 is 6.61 Å². The molecule has 1 N–H and O–H groups in total. The smallest absolute Gasteiger partial charge is 0.387 e. The van der Waals surface area contributed by atoms with E-state index in [-0.39, 0.29) is 11.8 Å². The number of halogens is 2. The standard InChI is InChI=1S/C16H23F2NO/c1-4-11-19-15(10-5-12(2)3)13-6-8-14(9-7-13)20-16(17)18/h6-9,15-16,19H,2,4-5,10-11H2,1,3H3. The van der Waals surface area contributed by atoms with Crippen molar-refractivity contribution in [3.05, 3.63) is 42.0 Å². The number of allylic oxidation sites excluding steroid dienone is 1. The Labute approximate surface area is 119 Å². The molecule has 0 fully saturated rings. The van der Waals surface area contributed by atoms with Crippen molar-refractivity contribution in [3.8, 4) is 5.75 Å². The number of hydrogen-bond donors (Lipinski definition) is 1. The van der Waals surface area contributed by atoms with Crippen LogP contribution < -0.4 is 10.1 Å². The summed E-state index contributed by atoms with van der Waals surface area (Å²) in [5, 5.41) is 3.47. The summed E-state index contributed by atoms with van der Waals surface area (Å²) >= 11 is 0. The third kappa shape index (κ3) is 6.15. The maximum absolute atomic E-state index is 12.1. The summed E-state index contributed by atoms with van der Waals surface area (Å²) in [4.78, 5) is 0. The van der Waals surface area contributed by atoms with E-state index in [4.69, 9.17) is 0 Å². The summed E-state index contributed by atoms with van der Waals surface area (Å²) in [6, 6.07) is 7.06. The maximum Gasteiger partial charge on any atom is 0.387 e. The molecule has 0 radical (unpaired) electrons. The molecule has 0 aliphatic rings. The van der Waals surface area contributed by atoms with Gasteiger partial charge in [-0.1, -0.05) is 24.6 Å². The Morgan fingerprint density at radius 1 is 1.30 bits per heavy atom. The maximum atomic E-state index is 12.1. The molecule has 112 valence electrons. The summed E-state index contributed by atoms with van der Waals surface area (Å²) in [5.74, 6) is 0.192. The Bertz CT molecular complexity index is 403. The lowest BCUT2D eigenvalue weighted by molar-refractivity contribution is -0.0498. The minimum atomic E-state index is -2.78. The molecule has 4 heteroatoms.